The maximum Gasteiger partial charge on any atom is 0.0650 e. The molecule has 0 saturated carbocycles. The van der Waals surface area contributed by atoms with Crippen molar-refractivity contribution >= 4 is 22.2 Å². The van der Waals surface area contributed by atoms with E-state index in [1.807, 2.05) is 13.0 Å². The van der Waals surface area contributed by atoms with Gasteiger partial charge in [-0.3, -0.25) is 4.99 Å². The summed E-state index contributed by atoms with van der Waals surface area (Å²) >= 11 is 0. The molecule has 0 spiro atoms. The Morgan fingerprint density at radius 2 is 2.13 bits per heavy atom. The molecule has 0 fully saturated rings. The van der Waals surface area contributed by atoms with Crippen LogP contribution >= 0.6 is 0 Å². The van der Waals surface area contributed by atoms with Crippen molar-refractivity contribution in [1.29, 1.82) is 0 Å². The number of aromatic amines is 1. The van der Waals surface area contributed by atoms with Crippen LogP contribution in [0, 0.1) is 0 Å². The van der Waals surface area contributed by atoms with Crippen molar-refractivity contribution in [3.8, 4) is 0 Å². The van der Waals surface area contributed by atoms with Gasteiger partial charge in [0.05, 0.1) is 6.54 Å². The van der Waals surface area contributed by atoms with Crippen molar-refractivity contribution < 1.29 is 0 Å². The van der Waals surface area contributed by atoms with E-state index in [0.29, 0.717) is 0 Å². The van der Waals surface area contributed by atoms with Gasteiger partial charge in [-0.15, -0.1) is 0 Å². The predicted molar refractivity (Wildman–Crippen MR) is 64.3 cm³/mol. The molecule has 74 valence electrons. The van der Waals surface area contributed by atoms with Gasteiger partial charge in [0, 0.05) is 28.4 Å². The zero-order valence-electron chi connectivity index (χ0n) is 8.62. The lowest BCUT2D eigenvalue weighted by molar-refractivity contribution is 1.29. The summed E-state index contributed by atoms with van der Waals surface area (Å²) in [5, 5.41) is 1.29. The average molecular weight is 196 g/mol. The number of allylic oxidation sites excluding steroid dienone is 1. The van der Waals surface area contributed by atoms with Crippen molar-refractivity contribution in [3.05, 3.63) is 42.1 Å². The number of H-pyrrole nitrogens is 1. The fourth-order valence-electron chi connectivity index (χ4n) is 2.05. The maximum absolute atomic E-state index is 4.39. The monoisotopic (exact) mass is 196 g/mol. The van der Waals surface area contributed by atoms with E-state index in [4.69, 9.17) is 0 Å². The number of benzene rings is 1. The van der Waals surface area contributed by atoms with Crippen LogP contribution in [0.2, 0.25) is 0 Å². The van der Waals surface area contributed by atoms with Crippen molar-refractivity contribution in [2.24, 2.45) is 4.99 Å². The van der Waals surface area contributed by atoms with E-state index in [0.717, 1.165) is 12.3 Å². The zero-order chi connectivity index (χ0) is 10.3. The van der Waals surface area contributed by atoms with Crippen LogP contribution < -0.4 is 0 Å². The molecular formula is C13H12N2. The molecule has 0 bridgehead atoms. The van der Waals surface area contributed by atoms with Crippen molar-refractivity contribution in [2.75, 3.05) is 6.54 Å². The Morgan fingerprint density at radius 3 is 2.93 bits per heavy atom. The second kappa shape index (κ2) is 3.09. The molecule has 1 aromatic carbocycles. The molecule has 3 rings (SSSR count). The van der Waals surface area contributed by atoms with Gasteiger partial charge in [0.2, 0.25) is 0 Å². The van der Waals surface area contributed by atoms with Gasteiger partial charge in [-0.1, -0.05) is 18.2 Å². The van der Waals surface area contributed by atoms with E-state index >= 15 is 0 Å². The van der Waals surface area contributed by atoms with Crippen LogP contribution in [-0.2, 0) is 0 Å². The molecule has 2 nitrogen and oxygen atoms in total. The summed E-state index contributed by atoms with van der Waals surface area (Å²) in [5.74, 6) is 0. The van der Waals surface area contributed by atoms with Crippen LogP contribution in [0.1, 0.15) is 12.5 Å². The minimum absolute atomic E-state index is 0.813. The average Bonchev–Trinajstić information content (AvgIpc) is 2.83. The van der Waals surface area contributed by atoms with Gasteiger partial charge in [-0.2, -0.15) is 0 Å². The summed E-state index contributed by atoms with van der Waals surface area (Å²) in [6.07, 6.45) is 4.24. The largest absolute Gasteiger partial charge is 0.361 e. The van der Waals surface area contributed by atoms with Crippen molar-refractivity contribution in [2.45, 2.75) is 6.92 Å². The number of aromatic nitrogens is 1. The second-order valence-corrected chi connectivity index (χ2v) is 3.88. The number of fused-ring (bicyclic) bond motifs is 1. The number of nitrogens with zero attached hydrogens (tertiary/aromatic N) is 1. The highest BCUT2D eigenvalue weighted by molar-refractivity contribution is 6.06. The van der Waals surface area contributed by atoms with E-state index < -0.39 is 0 Å². The molecule has 15 heavy (non-hydrogen) atoms. The molecule has 0 aliphatic carbocycles. The lowest BCUT2D eigenvalue weighted by atomic mass is 10.1. The van der Waals surface area contributed by atoms with Crippen LogP contribution in [0.5, 0.6) is 0 Å². The van der Waals surface area contributed by atoms with E-state index in [1.165, 1.54) is 22.0 Å². The van der Waals surface area contributed by atoms with E-state index in [2.05, 4.69) is 40.4 Å². The van der Waals surface area contributed by atoms with Gasteiger partial charge >= 0.3 is 0 Å². The highest BCUT2D eigenvalue weighted by atomic mass is 14.8. The normalized spacial score (nSPS) is 15.5. The molecule has 1 aromatic heterocycles. The third kappa shape index (κ3) is 1.30. The van der Waals surface area contributed by atoms with E-state index in [-0.39, 0.29) is 0 Å². The fraction of sp³-hybridized carbons (Fsp3) is 0.154. The molecule has 1 aliphatic heterocycles. The molecule has 0 saturated heterocycles. The molecule has 0 radical (unpaired) electrons. The lowest BCUT2D eigenvalue weighted by Gasteiger charge is -1.97. The molecule has 1 aliphatic rings. The highest BCUT2D eigenvalue weighted by Crippen LogP contribution is 2.27. The Morgan fingerprint density at radius 1 is 1.27 bits per heavy atom. The molecule has 0 unspecified atom stereocenters. The van der Waals surface area contributed by atoms with Crippen LogP contribution in [0.15, 0.2) is 41.5 Å². The first kappa shape index (κ1) is 8.48. The summed E-state index contributed by atoms with van der Waals surface area (Å²) in [5.41, 5.74) is 4.91. The first-order valence-corrected chi connectivity index (χ1v) is 5.13. The van der Waals surface area contributed by atoms with Crippen molar-refractivity contribution in [1.82, 2.24) is 4.98 Å². The quantitative estimate of drug-likeness (QED) is 0.726. The minimum atomic E-state index is 0.813. The first-order chi connectivity index (χ1) is 7.34. The van der Waals surface area contributed by atoms with Crippen LogP contribution in [0.3, 0.4) is 0 Å². The van der Waals surface area contributed by atoms with Gasteiger partial charge in [0.1, 0.15) is 0 Å². The smallest absolute Gasteiger partial charge is 0.0650 e. The SMILES string of the molecule is CC1=NCC(c2c[nH]c3ccccc23)=C1. The number of aliphatic imine (C=N–C) groups is 1. The molecule has 2 heteroatoms. The fourth-order valence-corrected chi connectivity index (χ4v) is 2.05. The van der Waals surface area contributed by atoms with Gasteiger partial charge in [-0.05, 0) is 24.6 Å². The Bertz CT molecular complexity index is 573. The minimum Gasteiger partial charge on any atom is -0.361 e. The predicted octanol–water partition coefficient (Wildman–Crippen LogP) is 3.03. The summed E-state index contributed by atoms with van der Waals surface area (Å²) in [7, 11) is 0. The van der Waals surface area contributed by atoms with Gasteiger partial charge in [0.25, 0.3) is 0 Å². The Balaban J connectivity index is 2.17. The molecule has 0 atom stereocenters. The summed E-state index contributed by atoms with van der Waals surface area (Å²) in [4.78, 5) is 7.68. The van der Waals surface area contributed by atoms with Crippen LogP contribution in [0.25, 0.3) is 16.5 Å². The first-order valence-electron chi connectivity index (χ1n) is 5.13. The summed E-state index contributed by atoms with van der Waals surface area (Å²) < 4.78 is 0. The lowest BCUT2D eigenvalue weighted by Crippen LogP contribution is -1.82. The van der Waals surface area contributed by atoms with Crippen LogP contribution in [0.4, 0.5) is 0 Å². The highest BCUT2D eigenvalue weighted by Gasteiger charge is 2.11. The van der Waals surface area contributed by atoms with Crippen molar-refractivity contribution in [3.63, 3.8) is 0 Å². The molecule has 1 N–H and O–H groups in total. The number of hydrogen-bond acceptors (Lipinski definition) is 1. The van der Waals surface area contributed by atoms with Gasteiger partial charge < -0.3 is 4.98 Å². The molecule has 2 aromatic rings. The maximum atomic E-state index is 4.39. The van der Waals surface area contributed by atoms with Gasteiger partial charge in [0.15, 0.2) is 0 Å². The molecular weight excluding hydrogens is 184 g/mol. The standard InChI is InChI=1S/C13H12N2/c1-9-6-10(7-14-9)12-8-15-13-5-3-2-4-11(12)13/h2-6,8,15H,7H2,1H3. The van der Waals surface area contributed by atoms with E-state index in [9.17, 15) is 0 Å². The Kier molecular flexibility index (Phi) is 1.75. The molecule has 2 heterocycles. The second-order valence-electron chi connectivity index (χ2n) is 3.88. The third-order valence-electron chi connectivity index (χ3n) is 2.82. The number of nitrogens with one attached hydrogen (secondary N) is 1. The number of rotatable bonds is 1. The summed E-state index contributed by atoms with van der Waals surface area (Å²) in [6.45, 7) is 2.86. The van der Waals surface area contributed by atoms with Gasteiger partial charge in [-0.25, -0.2) is 0 Å². The topological polar surface area (TPSA) is 28.1 Å². The third-order valence-corrected chi connectivity index (χ3v) is 2.82. The zero-order valence-corrected chi connectivity index (χ0v) is 8.62. The molecule has 0 amide bonds. The number of hydrogen-bond donors (Lipinski definition) is 1. The Hall–Kier alpha value is -1.83. The summed E-state index contributed by atoms with van der Waals surface area (Å²) in [6, 6.07) is 8.37. The Labute approximate surface area is 88.3 Å². The number of para-hydroxylation sites is 1. The van der Waals surface area contributed by atoms with E-state index in [1.54, 1.807) is 0 Å². The van der Waals surface area contributed by atoms with Crippen LogP contribution in [-0.4, -0.2) is 17.2 Å².